The van der Waals surface area contributed by atoms with Gasteiger partial charge in [-0.15, -0.1) is 0 Å². The molecule has 1 heterocycles. The third-order valence-electron chi connectivity index (χ3n) is 2.40. The zero-order valence-corrected chi connectivity index (χ0v) is 9.27. The Bertz CT molecular complexity index is 397. The van der Waals surface area contributed by atoms with Gasteiger partial charge in [-0.25, -0.2) is 4.39 Å². The molecule has 1 aliphatic rings. The van der Waals surface area contributed by atoms with Crippen LogP contribution in [0.15, 0.2) is 6.07 Å². The Hall–Kier alpha value is -1.16. The molecule has 2 rings (SSSR count). The Balaban J connectivity index is 2.61. The summed E-state index contributed by atoms with van der Waals surface area (Å²) in [6.45, 7) is 1.18. The Morgan fingerprint density at radius 3 is 3.00 bits per heavy atom. The van der Waals surface area contributed by atoms with E-state index in [1.165, 1.54) is 7.11 Å². The summed E-state index contributed by atoms with van der Waals surface area (Å²) in [6.07, 6.45) is 0. The molecule has 0 N–H and O–H groups in total. The molecule has 0 unspecified atom stereocenters. The molecule has 1 aliphatic heterocycles. The van der Waals surface area contributed by atoms with Crippen molar-refractivity contribution in [2.24, 2.45) is 0 Å². The van der Waals surface area contributed by atoms with Crippen LogP contribution in [0.4, 0.5) is 10.1 Å². The number of rotatable bonds is 1. The summed E-state index contributed by atoms with van der Waals surface area (Å²) >= 11 is 5.81. The van der Waals surface area contributed by atoms with Gasteiger partial charge in [-0.2, -0.15) is 0 Å². The minimum atomic E-state index is -0.492. The Labute approximate surface area is 92.3 Å². The largest absolute Gasteiger partial charge is 0.495 e. The first kappa shape index (κ1) is 10.4. The van der Waals surface area contributed by atoms with E-state index in [4.69, 9.17) is 21.1 Å². The molecule has 5 heteroatoms. The Kier molecular flexibility index (Phi) is 2.61. The maximum atomic E-state index is 13.8. The number of halogens is 2. The van der Waals surface area contributed by atoms with Gasteiger partial charge < -0.3 is 14.4 Å². The van der Waals surface area contributed by atoms with Gasteiger partial charge in [0.1, 0.15) is 28.8 Å². The normalized spacial score (nSPS) is 14.5. The number of fused-ring (bicyclic) bond motifs is 1. The lowest BCUT2D eigenvalue weighted by molar-refractivity contribution is 0.305. The summed E-state index contributed by atoms with van der Waals surface area (Å²) < 4.78 is 24.2. The molecule has 15 heavy (non-hydrogen) atoms. The Morgan fingerprint density at radius 2 is 2.33 bits per heavy atom. The quantitative estimate of drug-likeness (QED) is 0.741. The van der Waals surface area contributed by atoms with Crippen molar-refractivity contribution in [2.45, 2.75) is 0 Å². The summed E-state index contributed by atoms with van der Waals surface area (Å²) in [7, 11) is 3.24. The van der Waals surface area contributed by atoms with E-state index in [2.05, 4.69) is 0 Å². The zero-order chi connectivity index (χ0) is 11.0. The van der Waals surface area contributed by atoms with E-state index in [1.54, 1.807) is 18.0 Å². The second-order valence-electron chi connectivity index (χ2n) is 3.32. The number of likely N-dealkylation sites (N-methyl/N-ethyl adjacent to an activating group) is 1. The maximum Gasteiger partial charge on any atom is 0.172 e. The third kappa shape index (κ3) is 1.59. The molecule has 0 spiro atoms. The minimum Gasteiger partial charge on any atom is -0.495 e. The SMILES string of the molecule is COc1cc2c(c(F)c1Cl)N(C)CCO2. The highest BCUT2D eigenvalue weighted by atomic mass is 35.5. The minimum absolute atomic E-state index is 0.00593. The van der Waals surface area contributed by atoms with Gasteiger partial charge in [-0.05, 0) is 0 Å². The van der Waals surface area contributed by atoms with Crippen LogP contribution in [0.2, 0.25) is 5.02 Å². The summed E-state index contributed by atoms with van der Waals surface area (Å²) in [4.78, 5) is 1.78. The van der Waals surface area contributed by atoms with Gasteiger partial charge in [-0.1, -0.05) is 11.6 Å². The van der Waals surface area contributed by atoms with E-state index >= 15 is 0 Å². The van der Waals surface area contributed by atoms with Gasteiger partial charge >= 0.3 is 0 Å². The first-order valence-corrected chi connectivity index (χ1v) is 4.93. The number of ether oxygens (including phenoxy) is 2. The monoisotopic (exact) mass is 231 g/mol. The number of benzene rings is 1. The molecule has 0 fully saturated rings. The maximum absolute atomic E-state index is 13.8. The average Bonchev–Trinajstić information content (AvgIpc) is 2.23. The van der Waals surface area contributed by atoms with E-state index in [0.717, 1.165) is 0 Å². The number of anilines is 1. The molecule has 0 aromatic heterocycles. The van der Waals surface area contributed by atoms with E-state index in [1.807, 2.05) is 0 Å². The molecule has 0 aliphatic carbocycles. The fraction of sp³-hybridized carbons (Fsp3) is 0.400. The molecular formula is C10H11ClFNO2. The second kappa shape index (κ2) is 3.77. The van der Waals surface area contributed by atoms with Crippen LogP contribution in [0.1, 0.15) is 0 Å². The van der Waals surface area contributed by atoms with Crippen molar-refractivity contribution in [3.63, 3.8) is 0 Å². The van der Waals surface area contributed by atoms with Crippen LogP contribution in [-0.2, 0) is 0 Å². The van der Waals surface area contributed by atoms with Crippen LogP contribution >= 0.6 is 11.6 Å². The number of hydrogen-bond donors (Lipinski definition) is 0. The van der Waals surface area contributed by atoms with Gasteiger partial charge in [0.2, 0.25) is 0 Å². The first-order valence-electron chi connectivity index (χ1n) is 4.55. The van der Waals surface area contributed by atoms with Gasteiger partial charge in [0.05, 0.1) is 13.7 Å². The fourth-order valence-electron chi connectivity index (χ4n) is 1.59. The lowest BCUT2D eigenvalue weighted by Crippen LogP contribution is -2.29. The molecule has 0 bridgehead atoms. The van der Waals surface area contributed by atoms with Crippen molar-refractivity contribution < 1.29 is 13.9 Å². The van der Waals surface area contributed by atoms with Gasteiger partial charge in [0.15, 0.2) is 5.82 Å². The van der Waals surface area contributed by atoms with Gasteiger partial charge in [-0.3, -0.25) is 0 Å². The molecule has 0 saturated heterocycles. The highest BCUT2D eigenvalue weighted by Gasteiger charge is 2.24. The van der Waals surface area contributed by atoms with E-state index in [9.17, 15) is 4.39 Å². The smallest absolute Gasteiger partial charge is 0.172 e. The standard InChI is InChI=1S/C10H11ClFNO2/c1-13-3-4-15-7-5-6(14-2)8(11)9(12)10(7)13/h5H,3-4H2,1-2H3. The predicted octanol–water partition coefficient (Wildman–Crippen LogP) is 2.32. The molecule has 3 nitrogen and oxygen atoms in total. The number of nitrogens with zero attached hydrogens (tertiary/aromatic N) is 1. The van der Waals surface area contributed by atoms with Crippen molar-refractivity contribution in [1.82, 2.24) is 0 Å². The first-order chi connectivity index (χ1) is 7.15. The second-order valence-corrected chi connectivity index (χ2v) is 3.70. The molecule has 82 valence electrons. The predicted molar refractivity (Wildman–Crippen MR) is 56.7 cm³/mol. The molecule has 0 radical (unpaired) electrons. The van der Waals surface area contributed by atoms with Gasteiger partial charge in [0, 0.05) is 13.1 Å². The molecule has 0 amide bonds. The molecular weight excluding hydrogens is 221 g/mol. The summed E-state index contributed by atoms with van der Waals surface area (Å²) in [5.74, 6) is 0.277. The molecule has 0 saturated carbocycles. The third-order valence-corrected chi connectivity index (χ3v) is 2.75. The molecule has 0 atom stereocenters. The van der Waals surface area contributed by atoms with Crippen LogP contribution in [0, 0.1) is 5.82 Å². The summed E-state index contributed by atoms with van der Waals surface area (Å²) in [6, 6.07) is 1.61. The van der Waals surface area contributed by atoms with Crippen LogP contribution in [-0.4, -0.2) is 27.3 Å². The zero-order valence-electron chi connectivity index (χ0n) is 8.51. The lowest BCUT2D eigenvalue weighted by Gasteiger charge is -2.28. The summed E-state index contributed by atoms with van der Waals surface area (Å²) in [5.41, 5.74) is 0.395. The van der Waals surface area contributed by atoms with Crippen molar-refractivity contribution >= 4 is 17.3 Å². The van der Waals surface area contributed by atoms with Crippen molar-refractivity contribution in [3.05, 3.63) is 16.9 Å². The van der Waals surface area contributed by atoms with Crippen LogP contribution < -0.4 is 14.4 Å². The van der Waals surface area contributed by atoms with E-state index in [-0.39, 0.29) is 5.02 Å². The highest BCUT2D eigenvalue weighted by molar-refractivity contribution is 6.32. The van der Waals surface area contributed by atoms with E-state index in [0.29, 0.717) is 30.3 Å². The summed E-state index contributed by atoms with van der Waals surface area (Å²) in [5, 5.41) is -0.00593. The number of hydrogen-bond acceptors (Lipinski definition) is 3. The van der Waals surface area contributed by atoms with Crippen molar-refractivity contribution in [1.29, 1.82) is 0 Å². The fourth-order valence-corrected chi connectivity index (χ4v) is 1.81. The van der Waals surface area contributed by atoms with Crippen LogP contribution in [0.3, 0.4) is 0 Å². The average molecular weight is 232 g/mol. The molecule has 1 aromatic rings. The Morgan fingerprint density at radius 1 is 1.60 bits per heavy atom. The molecule has 1 aromatic carbocycles. The van der Waals surface area contributed by atoms with E-state index < -0.39 is 5.82 Å². The van der Waals surface area contributed by atoms with Crippen molar-refractivity contribution in [3.8, 4) is 11.5 Å². The van der Waals surface area contributed by atoms with Gasteiger partial charge in [0.25, 0.3) is 0 Å². The topological polar surface area (TPSA) is 21.7 Å². The lowest BCUT2D eigenvalue weighted by atomic mass is 10.2. The van der Waals surface area contributed by atoms with Crippen LogP contribution in [0.25, 0.3) is 0 Å². The number of methoxy groups -OCH3 is 1. The highest BCUT2D eigenvalue weighted by Crippen LogP contribution is 2.42. The van der Waals surface area contributed by atoms with Crippen molar-refractivity contribution in [2.75, 3.05) is 32.2 Å². The van der Waals surface area contributed by atoms with Crippen LogP contribution in [0.5, 0.6) is 11.5 Å².